The molecule has 0 bridgehead atoms. The fourth-order valence-corrected chi connectivity index (χ4v) is 2.50. The summed E-state index contributed by atoms with van der Waals surface area (Å²) in [5.41, 5.74) is -0.757. The van der Waals surface area contributed by atoms with Crippen molar-refractivity contribution in [1.82, 2.24) is 5.32 Å². The molecule has 5 nitrogen and oxygen atoms in total. The van der Waals surface area contributed by atoms with E-state index in [1.807, 2.05) is 0 Å². The van der Waals surface area contributed by atoms with E-state index in [0.717, 1.165) is 30.3 Å². The van der Waals surface area contributed by atoms with Crippen LogP contribution in [0, 0.1) is 0 Å². The van der Waals surface area contributed by atoms with Gasteiger partial charge >= 0.3 is 6.18 Å². The van der Waals surface area contributed by atoms with Crippen LogP contribution in [0.5, 0.6) is 0 Å². The molecule has 0 aliphatic rings. The van der Waals surface area contributed by atoms with Crippen LogP contribution in [0.15, 0.2) is 63.8 Å². The fraction of sp³-hybridized carbons (Fsp3) is 0.158. The van der Waals surface area contributed by atoms with E-state index in [1.54, 1.807) is 24.3 Å². The smallest absolute Gasteiger partial charge is 0.416 e. The number of rotatable bonds is 4. The van der Waals surface area contributed by atoms with Gasteiger partial charge in [-0.2, -0.15) is 13.2 Å². The van der Waals surface area contributed by atoms with Crippen LogP contribution in [-0.2, 0) is 6.18 Å². The van der Waals surface area contributed by atoms with Crippen LogP contribution in [0.3, 0.4) is 0 Å². The number of benzene rings is 2. The molecule has 0 aliphatic heterocycles. The van der Waals surface area contributed by atoms with Gasteiger partial charge in [-0.15, -0.1) is 0 Å². The molecule has 0 saturated heterocycles. The third-order valence-electron chi connectivity index (χ3n) is 3.94. The van der Waals surface area contributed by atoms with Crippen molar-refractivity contribution in [2.75, 3.05) is 6.54 Å². The highest BCUT2D eigenvalue weighted by molar-refractivity contribution is 5.93. The molecule has 3 aromatic rings. The predicted octanol–water partition coefficient (Wildman–Crippen LogP) is 3.28. The number of fused-ring (bicyclic) bond motifs is 1. The van der Waals surface area contributed by atoms with Gasteiger partial charge in [0.2, 0.25) is 0 Å². The maximum Gasteiger partial charge on any atom is 0.416 e. The van der Waals surface area contributed by atoms with E-state index >= 15 is 0 Å². The first-order chi connectivity index (χ1) is 12.8. The molecule has 2 aromatic carbocycles. The van der Waals surface area contributed by atoms with Gasteiger partial charge < -0.3 is 14.8 Å². The van der Waals surface area contributed by atoms with Crippen molar-refractivity contribution in [2.24, 2.45) is 0 Å². The average Bonchev–Trinajstić information content (AvgIpc) is 2.65. The molecule has 2 N–H and O–H groups in total. The highest BCUT2D eigenvalue weighted by Crippen LogP contribution is 2.29. The molecule has 1 aromatic heterocycles. The van der Waals surface area contributed by atoms with Crippen LogP contribution in [-0.4, -0.2) is 17.6 Å². The summed E-state index contributed by atoms with van der Waals surface area (Å²) in [6, 6.07) is 11.4. The van der Waals surface area contributed by atoms with E-state index in [9.17, 15) is 27.9 Å². The van der Waals surface area contributed by atoms with Crippen molar-refractivity contribution < 1.29 is 27.5 Å². The van der Waals surface area contributed by atoms with Gasteiger partial charge in [-0.3, -0.25) is 9.59 Å². The zero-order valence-electron chi connectivity index (χ0n) is 13.8. The maximum absolute atomic E-state index is 12.6. The Morgan fingerprint density at radius 1 is 1.11 bits per heavy atom. The summed E-state index contributed by atoms with van der Waals surface area (Å²) < 4.78 is 43.0. The molecule has 0 aliphatic carbocycles. The number of halogens is 3. The number of hydrogen-bond acceptors (Lipinski definition) is 4. The summed E-state index contributed by atoms with van der Waals surface area (Å²) in [5, 5.41) is 12.8. The minimum atomic E-state index is -4.47. The lowest BCUT2D eigenvalue weighted by molar-refractivity contribution is -0.137. The Hall–Kier alpha value is -3.13. The normalized spacial score (nSPS) is 12.7. The van der Waals surface area contributed by atoms with E-state index < -0.39 is 23.8 Å². The lowest BCUT2D eigenvalue weighted by atomic mass is 10.1. The van der Waals surface area contributed by atoms with Crippen molar-refractivity contribution in [2.45, 2.75) is 12.3 Å². The molecule has 0 saturated carbocycles. The first-order valence-corrected chi connectivity index (χ1v) is 7.92. The summed E-state index contributed by atoms with van der Waals surface area (Å²) >= 11 is 0. The predicted molar refractivity (Wildman–Crippen MR) is 91.2 cm³/mol. The van der Waals surface area contributed by atoms with Gasteiger partial charge in [0.15, 0.2) is 11.2 Å². The van der Waals surface area contributed by atoms with Crippen LogP contribution < -0.4 is 10.7 Å². The lowest BCUT2D eigenvalue weighted by Gasteiger charge is -2.13. The number of carbonyl (C=O) groups excluding carboxylic acids is 1. The Labute approximate surface area is 151 Å². The highest BCUT2D eigenvalue weighted by Gasteiger charge is 2.30. The fourth-order valence-electron chi connectivity index (χ4n) is 2.50. The number of para-hydroxylation sites is 1. The monoisotopic (exact) mass is 377 g/mol. The zero-order chi connectivity index (χ0) is 19.6. The Morgan fingerprint density at radius 2 is 1.78 bits per heavy atom. The van der Waals surface area contributed by atoms with Gasteiger partial charge in [-0.25, -0.2) is 0 Å². The van der Waals surface area contributed by atoms with E-state index in [0.29, 0.717) is 5.39 Å². The summed E-state index contributed by atoms with van der Waals surface area (Å²) in [7, 11) is 0. The third kappa shape index (κ3) is 4.17. The molecule has 1 amide bonds. The van der Waals surface area contributed by atoms with E-state index in [4.69, 9.17) is 4.42 Å². The number of nitrogens with one attached hydrogen (secondary N) is 1. The van der Waals surface area contributed by atoms with E-state index in [1.165, 1.54) is 0 Å². The molecule has 27 heavy (non-hydrogen) atoms. The number of alkyl halides is 3. The number of amides is 1. The standard InChI is InChI=1S/C19H14F3NO4/c20-19(21,22)12-7-5-11(6-8-12)15(25)10-23-18(26)17-9-14(24)13-3-1-2-4-16(13)27-17/h1-9,15,25H,10H2,(H,23,26). The number of aliphatic hydroxyl groups is 1. The van der Waals surface area contributed by atoms with Crippen molar-refractivity contribution in [3.05, 3.63) is 81.7 Å². The summed E-state index contributed by atoms with van der Waals surface area (Å²) in [5.74, 6) is -0.942. The van der Waals surface area contributed by atoms with E-state index in [2.05, 4.69) is 5.32 Å². The Balaban J connectivity index is 1.69. The molecule has 3 rings (SSSR count). The molecule has 0 radical (unpaired) electrons. The van der Waals surface area contributed by atoms with Crippen LogP contribution in [0.4, 0.5) is 13.2 Å². The van der Waals surface area contributed by atoms with Gasteiger partial charge in [0.1, 0.15) is 5.58 Å². The third-order valence-corrected chi connectivity index (χ3v) is 3.94. The Bertz CT molecular complexity index is 1030. The highest BCUT2D eigenvalue weighted by atomic mass is 19.4. The first-order valence-electron chi connectivity index (χ1n) is 7.92. The van der Waals surface area contributed by atoms with Crippen molar-refractivity contribution in [1.29, 1.82) is 0 Å². The van der Waals surface area contributed by atoms with Gasteiger partial charge in [0.25, 0.3) is 5.91 Å². The van der Waals surface area contributed by atoms with Crippen LogP contribution >= 0.6 is 0 Å². The Kier molecular flexibility index (Phi) is 5.00. The second-order valence-corrected chi connectivity index (χ2v) is 5.82. The topological polar surface area (TPSA) is 79.5 Å². The number of hydrogen-bond donors (Lipinski definition) is 2. The quantitative estimate of drug-likeness (QED) is 0.731. The number of aliphatic hydroxyl groups excluding tert-OH is 1. The molecule has 0 fully saturated rings. The molecule has 1 unspecified atom stereocenters. The van der Waals surface area contributed by atoms with Crippen molar-refractivity contribution in [3.8, 4) is 0 Å². The van der Waals surface area contributed by atoms with Gasteiger partial charge in [-0.05, 0) is 29.8 Å². The average molecular weight is 377 g/mol. The molecular weight excluding hydrogens is 363 g/mol. The minimum absolute atomic E-state index is 0.211. The second-order valence-electron chi connectivity index (χ2n) is 5.82. The summed E-state index contributed by atoms with van der Waals surface area (Å²) in [6.07, 6.45) is -5.69. The first kappa shape index (κ1) is 18.7. The summed E-state index contributed by atoms with van der Waals surface area (Å²) in [6.45, 7) is -0.263. The largest absolute Gasteiger partial charge is 0.451 e. The molecule has 8 heteroatoms. The maximum atomic E-state index is 12.6. The van der Waals surface area contributed by atoms with Crippen LogP contribution in [0.1, 0.15) is 27.8 Å². The second kappa shape index (κ2) is 7.24. The molecule has 140 valence electrons. The molecule has 1 heterocycles. The molecule has 0 spiro atoms. The van der Waals surface area contributed by atoms with Crippen molar-refractivity contribution in [3.63, 3.8) is 0 Å². The van der Waals surface area contributed by atoms with Gasteiger partial charge in [-0.1, -0.05) is 24.3 Å². The van der Waals surface area contributed by atoms with E-state index in [-0.39, 0.29) is 28.9 Å². The summed E-state index contributed by atoms with van der Waals surface area (Å²) in [4.78, 5) is 24.2. The zero-order valence-corrected chi connectivity index (χ0v) is 13.8. The van der Waals surface area contributed by atoms with Crippen LogP contribution in [0.2, 0.25) is 0 Å². The lowest BCUT2D eigenvalue weighted by Crippen LogP contribution is -2.29. The minimum Gasteiger partial charge on any atom is -0.451 e. The number of carbonyl (C=O) groups is 1. The SMILES string of the molecule is O=C(NCC(O)c1ccc(C(F)(F)F)cc1)c1cc(=O)c2ccccc2o1. The Morgan fingerprint density at radius 3 is 2.44 bits per heavy atom. The van der Waals surface area contributed by atoms with Gasteiger partial charge in [0.05, 0.1) is 17.1 Å². The van der Waals surface area contributed by atoms with Crippen LogP contribution in [0.25, 0.3) is 11.0 Å². The molecule has 1 atom stereocenters. The molecular formula is C19H14F3NO4. The van der Waals surface area contributed by atoms with Gasteiger partial charge in [0, 0.05) is 12.6 Å². The van der Waals surface area contributed by atoms with Crippen molar-refractivity contribution >= 4 is 16.9 Å².